The van der Waals surface area contributed by atoms with Gasteiger partial charge in [-0.05, 0) is 166 Å². The number of ether oxygens (including phenoxy) is 3. The third-order valence-electron chi connectivity index (χ3n) is 21.1. The van der Waals surface area contributed by atoms with Gasteiger partial charge < -0.3 is 40.3 Å². The number of H-pyrrole nitrogens is 2. The molecule has 0 spiro atoms. The molecule has 688 valence electrons. The lowest BCUT2D eigenvalue weighted by Gasteiger charge is -2.28. The number of aromatic amines is 2. The van der Waals surface area contributed by atoms with Crippen molar-refractivity contribution in [1.29, 1.82) is 0 Å². The second kappa shape index (κ2) is 54.5. The smallest absolute Gasteiger partial charge is 0.330 e. The monoisotopic (exact) mass is 1960 g/mol. The average molecular weight is 1960 g/mol. The predicted molar refractivity (Wildman–Crippen MR) is 535 cm³/mol. The second-order valence-electron chi connectivity index (χ2n) is 32.1. The van der Waals surface area contributed by atoms with Crippen molar-refractivity contribution in [2.75, 3.05) is 90.1 Å². The van der Waals surface area contributed by atoms with Crippen molar-refractivity contribution in [3.05, 3.63) is 369 Å². The number of halogens is 9. The summed E-state index contributed by atoms with van der Waals surface area (Å²) < 4.78 is 15.0. The van der Waals surface area contributed by atoms with Crippen molar-refractivity contribution in [2.24, 2.45) is 17.8 Å². The van der Waals surface area contributed by atoms with Gasteiger partial charge in [0.05, 0.1) is 67.7 Å². The number of aliphatic carboxylic acids is 1. The number of nitrogens with one attached hydrogen (secondary N) is 3. The van der Waals surface area contributed by atoms with Crippen LogP contribution in [0, 0.1) is 17.8 Å². The fourth-order valence-electron chi connectivity index (χ4n) is 15.2. The molecule has 20 nitrogen and oxygen atoms in total. The molecule has 5 heterocycles. The van der Waals surface area contributed by atoms with Gasteiger partial charge in [-0.25, -0.2) is 14.6 Å². The molecular weight excluding hydrogens is 1850 g/mol. The number of anilines is 2. The van der Waals surface area contributed by atoms with E-state index in [0.29, 0.717) is 72.0 Å². The van der Waals surface area contributed by atoms with Gasteiger partial charge in [-0.1, -0.05) is 282 Å². The summed E-state index contributed by atoms with van der Waals surface area (Å²) >= 11 is 46.2. The number of rotatable bonds is 25. The first-order valence-electron chi connectivity index (χ1n) is 41.8. The molecule has 1 amide bonds. The lowest BCUT2D eigenvalue weighted by atomic mass is 9.88. The molecule has 6 N–H and O–H groups in total. The average Bonchev–Trinajstić information content (AvgIpc) is 1.71. The third-order valence-corrected chi connectivity index (χ3v) is 24.3. The van der Waals surface area contributed by atoms with Gasteiger partial charge in [0.15, 0.2) is 11.6 Å². The summed E-state index contributed by atoms with van der Waals surface area (Å²) in [6, 6.07) is 81.8. The molecule has 3 aliphatic rings. The number of hydrogen-bond donors (Lipinski definition) is 5. The third kappa shape index (κ3) is 35.0. The van der Waals surface area contributed by atoms with E-state index in [1.165, 1.54) is 41.6 Å². The molecule has 0 bridgehead atoms. The number of likely N-dealkylation sites (tertiary alicyclic amines) is 3. The largest absolute Gasteiger partial charge is 0.481 e. The van der Waals surface area contributed by atoms with E-state index in [9.17, 15) is 33.9 Å². The first-order chi connectivity index (χ1) is 62.0. The van der Waals surface area contributed by atoms with Gasteiger partial charge in [0.2, 0.25) is 5.91 Å². The van der Waals surface area contributed by atoms with E-state index in [1.807, 2.05) is 146 Å². The number of carboxylic acid groups (broad SMARTS) is 1. The van der Waals surface area contributed by atoms with E-state index < -0.39 is 19.6 Å². The molecule has 0 radical (unpaired) electrons. The highest BCUT2D eigenvalue weighted by Gasteiger charge is 2.42. The molecule has 7 atom stereocenters. The Morgan fingerprint density at radius 1 is 0.546 bits per heavy atom. The maximum atomic E-state index is 13.5. The molecule has 12 aromatic rings. The van der Waals surface area contributed by atoms with Crippen molar-refractivity contribution in [3.8, 4) is 0 Å². The van der Waals surface area contributed by atoms with Crippen LogP contribution in [-0.4, -0.2) is 151 Å². The zero-order valence-electron chi connectivity index (χ0n) is 73.2. The van der Waals surface area contributed by atoms with Gasteiger partial charge in [0, 0.05) is 140 Å². The minimum absolute atomic E-state index is 0. The number of alkyl halides is 2. The summed E-state index contributed by atoms with van der Waals surface area (Å²) in [6.07, 6.45) is 7.37. The SMILES string of the molecule is CC(Cl)OOCCl.CCOC(=O)[C@H]1CN(Cc2ccccc2)C[C@@H]1c1ccc(Cl)cc1.COC(=O)/C=C/c1ccc(Cl)cc1.COCN(Cc1ccccc1)C[Si](C)(C)C.Cl.Nc1cc2cc[nH]c(=O)c2cc1Cl.O=C(Nc1cc2cc[nH]c(=O)c2cc1Cl)C1CN(Cc2ccccc2)C[C@@H]1c1ccc(Cl)cc1.O=C(O)[C@H]1CN(Cc2ccccc2)C[C@@H]1c1ccc(Cl)cc1. The number of nitrogens with zero attached hydrogens (tertiary/aromatic N) is 4. The van der Waals surface area contributed by atoms with E-state index in [4.69, 9.17) is 108 Å². The maximum absolute atomic E-state index is 13.5. The Hall–Kier alpha value is -9.41. The molecule has 3 fully saturated rings. The Kier molecular flexibility index (Phi) is 44.5. The maximum Gasteiger partial charge on any atom is 0.330 e. The van der Waals surface area contributed by atoms with E-state index in [1.54, 1.807) is 81.0 Å². The number of carbonyl (C=O) groups is 4. The lowest BCUT2D eigenvalue weighted by Crippen LogP contribution is -2.40. The van der Waals surface area contributed by atoms with E-state index in [0.717, 1.165) is 92.1 Å². The quantitative estimate of drug-likeness (QED) is 0.00521. The summed E-state index contributed by atoms with van der Waals surface area (Å²) in [5, 5.41) is 18.6. The zero-order chi connectivity index (χ0) is 92.9. The Balaban J connectivity index is 0.000000195. The molecular formula is C100H109Cl9N8O12Si. The Bertz CT molecular complexity index is 5650. The molecule has 130 heavy (non-hydrogen) atoms. The summed E-state index contributed by atoms with van der Waals surface area (Å²) in [6.45, 7) is 19.5. The number of benzene rings is 10. The molecule has 2 aromatic heterocycles. The van der Waals surface area contributed by atoms with Crippen LogP contribution in [0.5, 0.6) is 0 Å². The molecule has 3 saturated heterocycles. The number of esters is 2. The van der Waals surface area contributed by atoms with Crippen LogP contribution in [0.25, 0.3) is 27.6 Å². The molecule has 2 unspecified atom stereocenters. The number of methoxy groups -OCH3 is 2. The first kappa shape index (κ1) is 106. The number of aromatic nitrogens is 2. The first-order valence-corrected chi connectivity index (χ1v) is 48.8. The highest BCUT2D eigenvalue weighted by Crippen LogP contribution is 2.39. The number of nitrogen functional groups attached to an aromatic ring is 1. The van der Waals surface area contributed by atoms with E-state index in [2.05, 4.69) is 136 Å². The van der Waals surface area contributed by atoms with Crippen LogP contribution >= 0.6 is 105 Å². The van der Waals surface area contributed by atoms with Crippen molar-refractivity contribution >= 4 is 176 Å². The Morgan fingerprint density at radius 2 is 0.946 bits per heavy atom. The van der Waals surface area contributed by atoms with Crippen molar-refractivity contribution in [3.63, 3.8) is 0 Å². The van der Waals surface area contributed by atoms with Gasteiger partial charge >= 0.3 is 17.9 Å². The van der Waals surface area contributed by atoms with Gasteiger partial charge in [0.25, 0.3) is 11.1 Å². The second-order valence-corrected chi connectivity index (χ2v) is 41.0. The number of fused-ring (bicyclic) bond motifs is 2. The summed E-state index contributed by atoms with van der Waals surface area (Å²) in [7, 11) is 2.04. The molecule has 3 aliphatic heterocycles. The van der Waals surface area contributed by atoms with E-state index in [-0.39, 0.29) is 82.9 Å². The van der Waals surface area contributed by atoms with Crippen molar-refractivity contribution < 1.29 is 48.3 Å². The van der Waals surface area contributed by atoms with Gasteiger partial charge in [-0.15, -0.1) is 12.4 Å². The van der Waals surface area contributed by atoms with E-state index >= 15 is 0 Å². The van der Waals surface area contributed by atoms with Gasteiger partial charge in [0.1, 0.15) is 0 Å². The van der Waals surface area contributed by atoms with Crippen LogP contribution < -0.4 is 22.2 Å². The molecule has 10 aromatic carbocycles. The van der Waals surface area contributed by atoms with Crippen LogP contribution in [0.15, 0.2) is 283 Å². The van der Waals surface area contributed by atoms with Crippen molar-refractivity contribution in [2.45, 2.75) is 83.0 Å². The van der Waals surface area contributed by atoms with Gasteiger partial charge in [-0.3, -0.25) is 43.6 Å². The number of carbonyl (C=O) groups excluding carboxylic acids is 3. The minimum Gasteiger partial charge on any atom is -0.481 e. The highest BCUT2D eigenvalue weighted by molar-refractivity contribution is 6.76. The molecule has 0 saturated carbocycles. The van der Waals surface area contributed by atoms with Crippen LogP contribution in [0.1, 0.15) is 76.1 Å². The Labute approximate surface area is 807 Å². The number of nitrogens with two attached hydrogens (primary N) is 1. The highest BCUT2D eigenvalue weighted by atomic mass is 35.5. The predicted octanol–water partition coefficient (Wildman–Crippen LogP) is 22.8. The van der Waals surface area contributed by atoms with Crippen LogP contribution in [0.3, 0.4) is 0 Å². The summed E-state index contributed by atoms with van der Waals surface area (Å²) in [4.78, 5) is 94.6. The molecule has 15 rings (SSSR count). The topological polar surface area (TPSA) is 251 Å². The van der Waals surface area contributed by atoms with Crippen LogP contribution in [0.2, 0.25) is 49.8 Å². The number of amides is 1. The fourth-order valence-corrected chi connectivity index (χ4v) is 17.8. The standard InChI is InChI=1S/C27H23Cl2N3O2.C20H22ClNO2.C18H18ClNO2.C13H23NOSi.C10H9ClO2.C9H7ClN2O.C3H6Cl2O2.ClH/c28-20-8-6-18(7-9-20)22-15-32(14-17-4-2-1-3-5-17)16-23(22)27(34)31-25-12-19-10-11-30-26(33)21(19)13-24(25)29;1-2-24-20(23)19-14-22(12-15-6-4-3-5-7-15)13-18(19)16-8-10-17(21)11-9-16;19-15-8-6-14(7-9-15)16-11-20(12-17(16)18(21)22)10-13-4-2-1-3-5-13;1-15-11-14(12-16(2,3)4)10-13-8-6-5-7-9-13;1-13-10(12)7-4-8-2-5-9(11)6-3-8;10-7-4-6-5(3-8(7)11)1-2-12-9(6)13;1-3(5)7-6-2-4;/h1-13,22-23H,14-16H2,(H,30,33)(H,31,34);3-11,18-19H,2,12-14H2,1H3;1-9,16-17H,10-12H2,(H,21,22);5-9H,10-12H2,1-4H3;2-7H,1H3;1-4H,11H2,(H,12,13);3H,2H2,1H3;1H/b;;;;7-4+;;;/t22-,23?;18-,19+;16-,17+;;;;;/m111...../s1. The lowest BCUT2D eigenvalue weighted by molar-refractivity contribution is -0.288. The number of hydrogen-bond acceptors (Lipinski definition) is 16. The summed E-state index contributed by atoms with van der Waals surface area (Å²) in [5.74, 6) is -1.89. The van der Waals surface area contributed by atoms with Crippen molar-refractivity contribution in [1.82, 2.24) is 29.6 Å². The normalized spacial score (nSPS) is 16.7. The Morgan fingerprint density at radius 3 is 1.35 bits per heavy atom. The van der Waals surface area contributed by atoms with Crippen LogP contribution in [-0.2, 0) is 69.3 Å². The fraction of sp³-hybridized carbons (Fsp3) is 0.280. The number of carboxylic acids is 1. The molecule has 0 aliphatic carbocycles. The van der Waals surface area contributed by atoms with Gasteiger partial charge in [-0.2, -0.15) is 0 Å². The molecule has 30 heteroatoms. The number of pyridine rings is 2. The summed E-state index contributed by atoms with van der Waals surface area (Å²) in [5.41, 5.74) is 15.0. The zero-order valence-corrected chi connectivity index (χ0v) is 81.1. The van der Waals surface area contributed by atoms with Crippen LogP contribution in [0.4, 0.5) is 11.4 Å². The minimum atomic E-state index is -1.07.